The maximum atomic E-state index is 2.57. The first-order valence-electron chi connectivity index (χ1n) is 8.97. The molecule has 0 N–H and O–H groups in total. The van der Waals surface area contributed by atoms with Crippen LogP contribution in [0.4, 0.5) is 0 Å². The lowest BCUT2D eigenvalue weighted by Crippen LogP contribution is -2.04. The lowest BCUT2D eigenvalue weighted by molar-refractivity contribution is 0.835. The molecule has 0 radical (unpaired) electrons. The van der Waals surface area contributed by atoms with Gasteiger partial charge in [0.05, 0.1) is 0 Å². The molecule has 0 bridgehead atoms. The molecule has 0 aliphatic heterocycles. The summed E-state index contributed by atoms with van der Waals surface area (Å²) in [5, 5.41) is 0. The van der Waals surface area contributed by atoms with Crippen molar-refractivity contribution < 1.29 is 0 Å². The van der Waals surface area contributed by atoms with Gasteiger partial charge >= 0.3 is 0 Å². The van der Waals surface area contributed by atoms with Crippen LogP contribution in [0.1, 0.15) is 50.7 Å². The molecule has 0 fully saturated rings. The second-order valence-corrected chi connectivity index (χ2v) is 8.24. The first kappa shape index (κ1) is 18.2. The van der Waals surface area contributed by atoms with Crippen LogP contribution in [0, 0.1) is 3.57 Å². The summed E-state index contributed by atoms with van der Waals surface area (Å²) in [6.45, 7) is 9.18. The standard InChI is InChI=1S/C24H25I/c1-16(2)20-15-21(17(3)4)23(19-13-9-6-10-14-19)24(25)22(20)18-11-7-5-8-12-18/h5-17H,1-4H3. The van der Waals surface area contributed by atoms with Gasteiger partial charge in [0.15, 0.2) is 0 Å². The van der Waals surface area contributed by atoms with E-state index in [1.54, 1.807) is 0 Å². The van der Waals surface area contributed by atoms with Crippen molar-refractivity contribution in [3.8, 4) is 22.3 Å². The third kappa shape index (κ3) is 3.67. The molecule has 0 saturated heterocycles. The first-order chi connectivity index (χ1) is 12.0. The fourth-order valence-corrected chi connectivity index (χ4v) is 4.64. The number of benzene rings is 3. The zero-order valence-corrected chi connectivity index (χ0v) is 17.5. The number of halogens is 1. The number of rotatable bonds is 4. The van der Waals surface area contributed by atoms with E-state index < -0.39 is 0 Å². The molecule has 0 amide bonds. The van der Waals surface area contributed by atoms with E-state index in [1.807, 2.05) is 0 Å². The van der Waals surface area contributed by atoms with Crippen LogP contribution < -0.4 is 0 Å². The van der Waals surface area contributed by atoms with E-state index in [4.69, 9.17) is 0 Å². The van der Waals surface area contributed by atoms with Crippen molar-refractivity contribution in [3.63, 3.8) is 0 Å². The maximum absolute atomic E-state index is 2.57. The molecule has 0 saturated carbocycles. The van der Waals surface area contributed by atoms with Crippen molar-refractivity contribution >= 4 is 22.6 Å². The van der Waals surface area contributed by atoms with Crippen LogP contribution in [-0.4, -0.2) is 0 Å². The van der Waals surface area contributed by atoms with Gasteiger partial charge in [0, 0.05) is 3.57 Å². The summed E-state index contributed by atoms with van der Waals surface area (Å²) in [6.07, 6.45) is 0. The molecule has 0 aliphatic rings. The van der Waals surface area contributed by atoms with Crippen LogP contribution >= 0.6 is 22.6 Å². The summed E-state index contributed by atoms with van der Waals surface area (Å²) >= 11 is 2.57. The highest BCUT2D eigenvalue weighted by atomic mass is 127. The molecule has 0 heterocycles. The molecule has 0 spiro atoms. The maximum Gasteiger partial charge on any atom is 0.0292 e. The molecule has 25 heavy (non-hydrogen) atoms. The van der Waals surface area contributed by atoms with E-state index in [0.717, 1.165) is 0 Å². The van der Waals surface area contributed by atoms with Crippen molar-refractivity contribution in [3.05, 3.63) is 81.4 Å². The Morgan fingerprint density at radius 2 is 0.960 bits per heavy atom. The molecular weight excluding hydrogens is 415 g/mol. The quantitative estimate of drug-likeness (QED) is 0.362. The molecule has 3 aromatic carbocycles. The molecule has 1 heteroatoms. The highest BCUT2D eigenvalue weighted by Crippen LogP contribution is 2.43. The lowest BCUT2D eigenvalue weighted by atomic mass is 9.83. The molecule has 0 aromatic heterocycles. The summed E-state index contributed by atoms with van der Waals surface area (Å²) in [4.78, 5) is 0. The minimum Gasteiger partial charge on any atom is -0.0622 e. The van der Waals surface area contributed by atoms with Crippen molar-refractivity contribution in [1.29, 1.82) is 0 Å². The molecule has 3 aromatic rings. The van der Waals surface area contributed by atoms with Crippen molar-refractivity contribution in [2.45, 2.75) is 39.5 Å². The van der Waals surface area contributed by atoms with Gasteiger partial charge < -0.3 is 0 Å². The Morgan fingerprint density at radius 3 is 1.28 bits per heavy atom. The van der Waals surface area contributed by atoms with Gasteiger partial charge in [0.25, 0.3) is 0 Å². The van der Waals surface area contributed by atoms with Crippen LogP contribution in [0.2, 0.25) is 0 Å². The molecule has 128 valence electrons. The molecule has 0 nitrogen and oxygen atoms in total. The van der Waals surface area contributed by atoms with Gasteiger partial charge in [0.2, 0.25) is 0 Å². The fourth-order valence-electron chi connectivity index (χ4n) is 3.40. The van der Waals surface area contributed by atoms with Gasteiger partial charge in [-0.05, 0) is 67.8 Å². The molecule has 0 aliphatic carbocycles. The Bertz CT molecular complexity index is 777. The third-order valence-electron chi connectivity index (χ3n) is 4.70. The Hall–Kier alpha value is -1.61. The van der Waals surface area contributed by atoms with Crippen LogP contribution in [-0.2, 0) is 0 Å². The summed E-state index contributed by atoms with van der Waals surface area (Å²) in [6, 6.07) is 24.1. The largest absolute Gasteiger partial charge is 0.0622 e. The Morgan fingerprint density at radius 1 is 0.600 bits per heavy atom. The van der Waals surface area contributed by atoms with Gasteiger partial charge in [-0.15, -0.1) is 0 Å². The zero-order chi connectivity index (χ0) is 18.0. The summed E-state index contributed by atoms with van der Waals surface area (Å²) < 4.78 is 1.37. The lowest BCUT2D eigenvalue weighted by Gasteiger charge is -2.24. The van der Waals surface area contributed by atoms with Gasteiger partial charge in [-0.25, -0.2) is 0 Å². The molecule has 0 unspecified atom stereocenters. The minimum atomic E-state index is 0.492. The SMILES string of the molecule is CC(C)c1cc(C(C)C)c(-c2ccccc2)c(I)c1-c1ccccc1. The van der Waals surface area contributed by atoms with Crippen molar-refractivity contribution in [2.75, 3.05) is 0 Å². The number of hydrogen-bond acceptors (Lipinski definition) is 0. The summed E-state index contributed by atoms with van der Waals surface area (Å²) in [5.41, 5.74) is 8.28. The Balaban J connectivity index is 2.39. The summed E-state index contributed by atoms with van der Waals surface area (Å²) in [7, 11) is 0. The Labute approximate surface area is 165 Å². The van der Waals surface area contributed by atoms with E-state index in [1.165, 1.54) is 37.0 Å². The second kappa shape index (κ2) is 7.74. The van der Waals surface area contributed by atoms with Crippen LogP contribution in [0.15, 0.2) is 66.7 Å². The predicted molar refractivity (Wildman–Crippen MR) is 118 cm³/mol. The fraction of sp³-hybridized carbons (Fsp3) is 0.250. The average molecular weight is 440 g/mol. The third-order valence-corrected chi connectivity index (χ3v) is 5.78. The van der Waals surface area contributed by atoms with Crippen LogP contribution in [0.5, 0.6) is 0 Å². The smallest absolute Gasteiger partial charge is 0.0292 e. The van der Waals surface area contributed by atoms with E-state index >= 15 is 0 Å². The van der Waals surface area contributed by atoms with Crippen molar-refractivity contribution in [1.82, 2.24) is 0 Å². The van der Waals surface area contributed by atoms with Crippen LogP contribution in [0.25, 0.3) is 22.3 Å². The van der Waals surface area contributed by atoms with Gasteiger partial charge in [-0.1, -0.05) is 94.4 Å². The van der Waals surface area contributed by atoms with Gasteiger partial charge in [0.1, 0.15) is 0 Å². The normalized spacial score (nSPS) is 11.3. The minimum absolute atomic E-state index is 0.492. The highest BCUT2D eigenvalue weighted by molar-refractivity contribution is 14.1. The average Bonchev–Trinajstić information content (AvgIpc) is 2.62. The topological polar surface area (TPSA) is 0 Å². The van der Waals surface area contributed by atoms with E-state index in [-0.39, 0.29) is 0 Å². The molecular formula is C24H25I. The summed E-state index contributed by atoms with van der Waals surface area (Å²) in [5.74, 6) is 0.983. The van der Waals surface area contributed by atoms with E-state index in [2.05, 4.69) is 117 Å². The van der Waals surface area contributed by atoms with Crippen LogP contribution in [0.3, 0.4) is 0 Å². The van der Waals surface area contributed by atoms with E-state index in [9.17, 15) is 0 Å². The first-order valence-corrected chi connectivity index (χ1v) is 10.1. The van der Waals surface area contributed by atoms with E-state index in [0.29, 0.717) is 11.8 Å². The van der Waals surface area contributed by atoms with Gasteiger partial charge in [-0.2, -0.15) is 0 Å². The highest BCUT2D eigenvalue weighted by Gasteiger charge is 2.21. The monoisotopic (exact) mass is 440 g/mol. The van der Waals surface area contributed by atoms with Gasteiger partial charge in [-0.3, -0.25) is 0 Å². The van der Waals surface area contributed by atoms with Crippen molar-refractivity contribution in [2.24, 2.45) is 0 Å². The second-order valence-electron chi connectivity index (χ2n) is 7.16. The number of hydrogen-bond donors (Lipinski definition) is 0. The zero-order valence-electron chi connectivity index (χ0n) is 15.4. The Kier molecular flexibility index (Phi) is 5.63. The molecule has 3 rings (SSSR count). The molecule has 0 atom stereocenters. The predicted octanol–water partition coefficient (Wildman–Crippen LogP) is 7.87.